The summed E-state index contributed by atoms with van der Waals surface area (Å²) in [6.45, 7) is 7.86. The van der Waals surface area contributed by atoms with Crippen LogP contribution in [0, 0.1) is 19.8 Å². The number of likely N-dealkylation sites (tertiary alicyclic amines) is 1. The largest absolute Gasteiger partial charge is 0.342 e. The van der Waals surface area contributed by atoms with Crippen molar-refractivity contribution in [3.05, 3.63) is 63.9 Å². The van der Waals surface area contributed by atoms with Gasteiger partial charge in [0, 0.05) is 13.1 Å². The van der Waals surface area contributed by atoms with E-state index in [2.05, 4.69) is 13.0 Å². The molecule has 1 atom stereocenters. The highest BCUT2D eigenvalue weighted by atomic mass is 32.2. The van der Waals surface area contributed by atoms with E-state index in [1.54, 1.807) is 10.6 Å². The molecule has 2 heterocycles. The van der Waals surface area contributed by atoms with Crippen LogP contribution >= 0.6 is 11.8 Å². The Morgan fingerprint density at radius 3 is 2.63 bits per heavy atom. The highest BCUT2D eigenvalue weighted by molar-refractivity contribution is 7.99. The molecule has 0 N–H and O–H groups in total. The molecule has 1 saturated heterocycles. The highest BCUT2D eigenvalue weighted by Gasteiger charge is 2.22. The van der Waals surface area contributed by atoms with Crippen molar-refractivity contribution in [1.82, 2.24) is 14.5 Å². The van der Waals surface area contributed by atoms with Crippen molar-refractivity contribution in [3.8, 4) is 5.69 Å². The summed E-state index contributed by atoms with van der Waals surface area (Å²) < 4.78 is 1.65. The Bertz CT molecular complexity index is 1130. The molecule has 4 rings (SSSR count). The number of amides is 1. The van der Waals surface area contributed by atoms with E-state index in [0.717, 1.165) is 36.3 Å². The number of para-hydroxylation sites is 1. The molecule has 2 aromatic carbocycles. The zero-order valence-electron chi connectivity index (χ0n) is 17.7. The minimum atomic E-state index is -0.104. The molecule has 5 nitrogen and oxygen atoms in total. The van der Waals surface area contributed by atoms with Crippen LogP contribution in [0.1, 0.15) is 30.9 Å². The minimum absolute atomic E-state index is 0.104. The molecule has 6 heteroatoms. The van der Waals surface area contributed by atoms with Crippen LogP contribution in [0.5, 0.6) is 0 Å². The molecular weight excluding hydrogens is 394 g/mol. The predicted molar refractivity (Wildman–Crippen MR) is 123 cm³/mol. The molecule has 1 aliphatic heterocycles. The van der Waals surface area contributed by atoms with Crippen LogP contribution in [-0.2, 0) is 4.79 Å². The van der Waals surface area contributed by atoms with Gasteiger partial charge in [0.2, 0.25) is 5.91 Å². The number of nitrogens with zero attached hydrogens (tertiary/aromatic N) is 3. The number of hydrogen-bond acceptors (Lipinski definition) is 4. The first-order valence-electron chi connectivity index (χ1n) is 10.4. The van der Waals surface area contributed by atoms with Gasteiger partial charge in [-0.2, -0.15) is 0 Å². The van der Waals surface area contributed by atoms with Crippen LogP contribution in [0.25, 0.3) is 16.6 Å². The molecule has 1 aromatic heterocycles. The summed E-state index contributed by atoms with van der Waals surface area (Å²) in [6, 6.07) is 13.4. The Kier molecular flexibility index (Phi) is 5.95. The molecule has 0 radical (unpaired) electrons. The van der Waals surface area contributed by atoms with E-state index in [1.807, 2.05) is 49.1 Å². The van der Waals surface area contributed by atoms with Crippen LogP contribution in [0.2, 0.25) is 0 Å². The van der Waals surface area contributed by atoms with Crippen LogP contribution in [-0.4, -0.2) is 39.2 Å². The normalized spacial score (nSPS) is 16.8. The average Bonchev–Trinajstić information content (AvgIpc) is 2.71. The third kappa shape index (κ3) is 4.29. The quantitative estimate of drug-likeness (QED) is 0.464. The fourth-order valence-electron chi connectivity index (χ4n) is 4.15. The van der Waals surface area contributed by atoms with Gasteiger partial charge in [-0.3, -0.25) is 14.2 Å². The zero-order valence-corrected chi connectivity index (χ0v) is 18.5. The Morgan fingerprint density at radius 1 is 1.17 bits per heavy atom. The molecule has 0 aliphatic carbocycles. The molecule has 0 spiro atoms. The number of rotatable bonds is 4. The van der Waals surface area contributed by atoms with E-state index in [-0.39, 0.29) is 17.2 Å². The second-order valence-electron chi connectivity index (χ2n) is 8.27. The van der Waals surface area contributed by atoms with Gasteiger partial charge < -0.3 is 4.90 Å². The van der Waals surface area contributed by atoms with Gasteiger partial charge in [-0.15, -0.1) is 0 Å². The number of thioether (sulfide) groups is 1. The molecule has 3 aromatic rings. The van der Waals surface area contributed by atoms with Gasteiger partial charge in [0.25, 0.3) is 5.56 Å². The Labute approximate surface area is 181 Å². The number of carbonyl (C=O) groups is 1. The van der Waals surface area contributed by atoms with E-state index in [9.17, 15) is 9.59 Å². The molecule has 1 fully saturated rings. The maximum atomic E-state index is 13.4. The van der Waals surface area contributed by atoms with E-state index < -0.39 is 0 Å². The summed E-state index contributed by atoms with van der Waals surface area (Å²) in [5.74, 6) is 0.934. The van der Waals surface area contributed by atoms with E-state index in [4.69, 9.17) is 4.98 Å². The van der Waals surface area contributed by atoms with Crippen LogP contribution in [0.3, 0.4) is 0 Å². The number of benzene rings is 2. The number of piperidine rings is 1. The minimum Gasteiger partial charge on any atom is -0.342 e. The SMILES string of the molecule is Cc1cc(C)cc(-n2c(SCC(=O)N3CCC[C@H](C)C3)nc3ccccc3c2=O)c1. The first-order chi connectivity index (χ1) is 14.4. The lowest BCUT2D eigenvalue weighted by Gasteiger charge is -2.30. The monoisotopic (exact) mass is 421 g/mol. The Hall–Kier alpha value is -2.60. The zero-order chi connectivity index (χ0) is 21.3. The molecule has 0 bridgehead atoms. The maximum absolute atomic E-state index is 13.4. The fraction of sp³-hybridized carbons (Fsp3) is 0.375. The van der Waals surface area contributed by atoms with Crippen molar-refractivity contribution in [3.63, 3.8) is 0 Å². The summed E-state index contributed by atoms with van der Waals surface area (Å²) in [6.07, 6.45) is 2.23. The van der Waals surface area contributed by atoms with Gasteiger partial charge in [0.05, 0.1) is 22.3 Å². The van der Waals surface area contributed by atoms with Crippen molar-refractivity contribution in [2.45, 2.75) is 38.8 Å². The third-order valence-corrected chi connectivity index (χ3v) is 6.47. The summed E-state index contributed by atoms with van der Waals surface area (Å²) in [5.41, 5.74) is 3.51. The number of hydrogen-bond donors (Lipinski definition) is 0. The van der Waals surface area contributed by atoms with Gasteiger partial charge in [-0.05, 0) is 68.0 Å². The molecular formula is C24H27N3O2S. The van der Waals surface area contributed by atoms with E-state index in [0.29, 0.717) is 22.0 Å². The van der Waals surface area contributed by atoms with Gasteiger partial charge in [-0.25, -0.2) is 4.98 Å². The number of aryl methyl sites for hydroxylation is 2. The number of fused-ring (bicyclic) bond motifs is 1. The first kappa shape index (κ1) is 20.7. The fourth-order valence-corrected chi connectivity index (χ4v) is 5.07. The molecule has 1 amide bonds. The standard InChI is InChI=1S/C24H27N3O2S/c1-16-7-6-10-26(14-16)22(28)15-30-24-25-21-9-5-4-8-20(21)23(29)27(24)19-12-17(2)11-18(3)13-19/h4-5,8-9,11-13,16H,6-7,10,14-15H2,1-3H3/t16-/m0/s1. The molecule has 0 unspecified atom stereocenters. The lowest BCUT2D eigenvalue weighted by Crippen LogP contribution is -2.40. The topological polar surface area (TPSA) is 55.2 Å². The highest BCUT2D eigenvalue weighted by Crippen LogP contribution is 2.24. The lowest BCUT2D eigenvalue weighted by atomic mass is 10.0. The molecule has 156 valence electrons. The van der Waals surface area contributed by atoms with Crippen molar-refractivity contribution in [2.24, 2.45) is 5.92 Å². The number of aromatic nitrogens is 2. The maximum Gasteiger partial charge on any atom is 0.266 e. The molecule has 30 heavy (non-hydrogen) atoms. The smallest absolute Gasteiger partial charge is 0.266 e. The first-order valence-corrected chi connectivity index (χ1v) is 11.4. The van der Waals surface area contributed by atoms with Crippen LogP contribution in [0.15, 0.2) is 52.4 Å². The molecule has 1 aliphatic rings. The van der Waals surface area contributed by atoms with Crippen molar-refractivity contribution < 1.29 is 4.79 Å². The van der Waals surface area contributed by atoms with E-state index >= 15 is 0 Å². The van der Waals surface area contributed by atoms with Crippen molar-refractivity contribution >= 4 is 28.6 Å². The van der Waals surface area contributed by atoms with Crippen molar-refractivity contribution in [1.29, 1.82) is 0 Å². The van der Waals surface area contributed by atoms with E-state index in [1.165, 1.54) is 18.2 Å². The summed E-state index contributed by atoms with van der Waals surface area (Å²) in [7, 11) is 0. The second kappa shape index (κ2) is 8.64. The molecule has 0 saturated carbocycles. The average molecular weight is 422 g/mol. The number of carbonyl (C=O) groups excluding carboxylic acids is 1. The van der Waals surface area contributed by atoms with Gasteiger partial charge in [0.1, 0.15) is 0 Å². The Morgan fingerprint density at radius 2 is 1.90 bits per heavy atom. The predicted octanol–water partition coefficient (Wildman–Crippen LogP) is 4.35. The lowest BCUT2D eigenvalue weighted by molar-refractivity contribution is -0.130. The van der Waals surface area contributed by atoms with Gasteiger partial charge in [-0.1, -0.05) is 36.9 Å². The van der Waals surface area contributed by atoms with Gasteiger partial charge >= 0.3 is 0 Å². The summed E-state index contributed by atoms with van der Waals surface area (Å²) in [5, 5.41) is 1.14. The second-order valence-corrected chi connectivity index (χ2v) is 9.22. The van der Waals surface area contributed by atoms with Gasteiger partial charge in [0.15, 0.2) is 5.16 Å². The van der Waals surface area contributed by atoms with Crippen LogP contribution in [0.4, 0.5) is 0 Å². The van der Waals surface area contributed by atoms with Crippen LogP contribution < -0.4 is 5.56 Å². The van der Waals surface area contributed by atoms with Crippen molar-refractivity contribution in [2.75, 3.05) is 18.8 Å². The third-order valence-electron chi connectivity index (χ3n) is 5.54. The summed E-state index contributed by atoms with van der Waals surface area (Å²) >= 11 is 1.35. The Balaban J connectivity index is 1.72. The summed E-state index contributed by atoms with van der Waals surface area (Å²) in [4.78, 5) is 32.9.